The third-order valence-corrected chi connectivity index (χ3v) is 3.26. The van der Waals surface area contributed by atoms with Crippen LogP contribution in [0.4, 0.5) is 0 Å². The van der Waals surface area contributed by atoms with Gasteiger partial charge in [-0.25, -0.2) is 4.68 Å². The van der Waals surface area contributed by atoms with Gasteiger partial charge in [-0.3, -0.25) is 4.79 Å². The summed E-state index contributed by atoms with van der Waals surface area (Å²) in [5, 5.41) is 7.59. The largest absolute Gasteiger partial charge is 0.496 e. The molecule has 1 N–H and O–H groups in total. The van der Waals surface area contributed by atoms with Crippen molar-refractivity contribution in [3.8, 4) is 17.0 Å². The minimum absolute atomic E-state index is 0.0720. The summed E-state index contributed by atoms with van der Waals surface area (Å²) in [6, 6.07) is 9.50. The van der Waals surface area contributed by atoms with Gasteiger partial charge in [-0.1, -0.05) is 19.1 Å². The van der Waals surface area contributed by atoms with E-state index >= 15 is 0 Å². The zero-order chi connectivity index (χ0) is 15.2. The number of rotatable bonds is 6. The van der Waals surface area contributed by atoms with Crippen LogP contribution in [0.15, 0.2) is 35.1 Å². The molecule has 0 radical (unpaired) electrons. The fraction of sp³-hybridized carbons (Fsp3) is 0.375. The Labute approximate surface area is 124 Å². The molecule has 0 unspecified atom stereocenters. The van der Waals surface area contributed by atoms with E-state index in [0.717, 1.165) is 30.0 Å². The van der Waals surface area contributed by atoms with Crippen LogP contribution in [0.25, 0.3) is 11.3 Å². The molecule has 0 aliphatic carbocycles. The van der Waals surface area contributed by atoms with Gasteiger partial charge in [-0.15, -0.1) is 0 Å². The smallest absolute Gasteiger partial charge is 0.271 e. The van der Waals surface area contributed by atoms with Crippen LogP contribution in [0.2, 0.25) is 0 Å². The molecule has 0 bridgehead atoms. The lowest BCUT2D eigenvalue weighted by Crippen LogP contribution is -2.27. The molecule has 5 heteroatoms. The number of nitrogens with one attached hydrogen (secondary N) is 1. The van der Waals surface area contributed by atoms with Gasteiger partial charge in [-0.05, 0) is 31.2 Å². The topological polar surface area (TPSA) is 56.1 Å². The molecule has 112 valence electrons. The molecule has 0 fully saturated rings. The average Bonchev–Trinajstić information content (AvgIpc) is 2.51. The summed E-state index contributed by atoms with van der Waals surface area (Å²) >= 11 is 0. The van der Waals surface area contributed by atoms with Gasteiger partial charge in [0.15, 0.2) is 0 Å². The van der Waals surface area contributed by atoms with Crippen LogP contribution in [0.5, 0.6) is 5.75 Å². The number of nitrogens with zero attached hydrogens (tertiary/aromatic N) is 2. The molecule has 0 aliphatic heterocycles. The third-order valence-electron chi connectivity index (χ3n) is 3.26. The van der Waals surface area contributed by atoms with Crippen LogP contribution in [0, 0.1) is 0 Å². The van der Waals surface area contributed by atoms with Crippen molar-refractivity contribution in [2.75, 3.05) is 13.7 Å². The van der Waals surface area contributed by atoms with Crippen molar-refractivity contribution in [2.24, 2.45) is 7.05 Å². The van der Waals surface area contributed by atoms with Crippen molar-refractivity contribution in [1.82, 2.24) is 15.1 Å². The Balaban J connectivity index is 2.43. The first-order chi connectivity index (χ1) is 10.2. The second-order valence-corrected chi connectivity index (χ2v) is 4.86. The molecule has 1 aromatic carbocycles. The van der Waals surface area contributed by atoms with E-state index in [1.807, 2.05) is 30.3 Å². The SMILES string of the molecule is CCCNCc1cc(-c2ccccc2OC)nn(C)c1=O. The quantitative estimate of drug-likeness (QED) is 0.825. The number of aryl methyl sites for hydroxylation is 1. The first-order valence-corrected chi connectivity index (χ1v) is 7.08. The van der Waals surface area contributed by atoms with Crippen LogP contribution in [-0.2, 0) is 13.6 Å². The Morgan fingerprint density at radius 2 is 2.10 bits per heavy atom. The number of ether oxygens (including phenoxy) is 1. The van der Waals surface area contributed by atoms with E-state index < -0.39 is 0 Å². The maximum Gasteiger partial charge on any atom is 0.271 e. The molecular formula is C16H21N3O2. The van der Waals surface area contributed by atoms with Gasteiger partial charge in [0.2, 0.25) is 0 Å². The van der Waals surface area contributed by atoms with Crippen LogP contribution in [-0.4, -0.2) is 23.4 Å². The minimum Gasteiger partial charge on any atom is -0.496 e. The first-order valence-electron chi connectivity index (χ1n) is 7.08. The molecule has 1 aromatic heterocycles. The van der Waals surface area contributed by atoms with Gasteiger partial charge in [0.1, 0.15) is 5.75 Å². The van der Waals surface area contributed by atoms with Crippen molar-refractivity contribution in [3.05, 3.63) is 46.2 Å². The number of hydrogen-bond acceptors (Lipinski definition) is 4. The summed E-state index contributed by atoms with van der Waals surface area (Å²) in [5.74, 6) is 0.746. The Morgan fingerprint density at radius 1 is 1.33 bits per heavy atom. The predicted octanol–water partition coefficient (Wildman–Crippen LogP) is 1.96. The summed E-state index contributed by atoms with van der Waals surface area (Å²) in [4.78, 5) is 12.1. The van der Waals surface area contributed by atoms with Crippen molar-refractivity contribution in [1.29, 1.82) is 0 Å². The lowest BCUT2D eigenvalue weighted by Gasteiger charge is -2.11. The third kappa shape index (κ3) is 3.49. The number of para-hydroxylation sites is 1. The summed E-state index contributed by atoms with van der Waals surface area (Å²) in [7, 11) is 3.30. The second-order valence-electron chi connectivity index (χ2n) is 4.86. The zero-order valence-electron chi connectivity index (χ0n) is 12.7. The summed E-state index contributed by atoms with van der Waals surface area (Å²) < 4.78 is 6.74. The van der Waals surface area contributed by atoms with Gasteiger partial charge in [0.25, 0.3) is 5.56 Å². The molecule has 0 amide bonds. The molecule has 0 aliphatic rings. The number of benzene rings is 1. The average molecular weight is 287 g/mol. The summed E-state index contributed by atoms with van der Waals surface area (Å²) in [5.41, 5.74) is 2.26. The van der Waals surface area contributed by atoms with Gasteiger partial charge in [0.05, 0.1) is 12.8 Å². The molecule has 0 atom stereocenters. The van der Waals surface area contributed by atoms with E-state index in [0.29, 0.717) is 12.1 Å². The Bertz CT molecular complexity index is 665. The van der Waals surface area contributed by atoms with E-state index in [1.54, 1.807) is 14.2 Å². The van der Waals surface area contributed by atoms with Crippen molar-refractivity contribution >= 4 is 0 Å². The van der Waals surface area contributed by atoms with Crippen LogP contribution in [0.3, 0.4) is 0 Å². The van der Waals surface area contributed by atoms with Crippen LogP contribution < -0.4 is 15.6 Å². The van der Waals surface area contributed by atoms with Gasteiger partial charge in [-0.2, -0.15) is 5.10 Å². The molecule has 2 rings (SSSR count). The standard InChI is InChI=1S/C16H21N3O2/c1-4-9-17-11-12-10-14(18-19(2)16(12)20)13-7-5-6-8-15(13)21-3/h5-8,10,17H,4,9,11H2,1-3H3. The number of hydrogen-bond donors (Lipinski definition) is 1. The summed E-state index contributed by atoms with van der Waals surface area (Å²) in [6.07, 6.45) is 1.03. The first kappa shape index (κ1) is 15.3. The lowest BCUT2D eigenvalue weighted by molar-refractivity contribution is 0.416. The van der Waals surface area contributed by atoms with Crippen molar-refractivity contribution < 1.29 is 4.74 Å². The normalized spacial score (nSPS) is 10.6. The molecule has 0 spiro atoms. The van der Waals surface area contributed by atoms with Gasteiger partial charge >= 0.3 is 0 Å². The van der Waals surface area contributed by atoms with Crippen molar-refractivity contribution in [2.45, 2.75) is 19.9 Å². The number of aromatic nitrogens is 2. The highest BCUT2D eigenvalue weighted by Crippen LogP contribution is 2.27. The molecule has 0 saturated heterocycles. The molecule has 2 aromatic rings. The van der Waals surface area contributed by atoms with Gasteiger partial charge < -0.3 is 10.1 Å². The highest BCUT2D eigenvalue weighted by atomic mass is 16.5. The highest BCUT2D eigenvalue weighted by Gasteiger charge is 2.11. The predicted molar refractivity (Wildman–Crippen MR) is 83.5 cm³/mol. The Morgan fingerprint density at radius 3 is 2.81 bits per heavy atom. The zero-order valence-corrected chi connectivity index (χ0v) is 12.7. The van der Waals surface area contributed by atoms with E-state index in [4.69, 9.17) is 4.74 Å². The van der Waals surface area contributed by atoms with E-state index in [1.165, 1.54) is 4.68 Å². The maximum atomic E-state index is 12.1. The lowest BCUT2D eigenvalue weighted by atomic mass is 10.1. The van der Waals surface area contributed by atoms with E-state index in [-0.39, 0.29) is 5.56 Å². The van der Waals surface area contributed by atoms with Gasteiger partial charge in [0, 0.05) is 24.7 Å². The van der Waals surface area contributed by atoms with E-state index in [2.05, 4.69) is 17.3 Å². The fourth-order valence-electron chi connectivity index (χ4n) is 2.18. The summed E-state index contributed by atoms with van der Waals surface area (Å²) in [6.45, 7) is 3.53. The highest BCUT2D eigenvalue weighted by molar-refractivity contribution is 5.67. The Kier molecular flexibility index (Phi) is 5.11. The minimum atomic E-state index is -0.0720. The molecule has 0 saturated carbocycles. The van der Waals surface area contributed by atoms with Crippen molar-refractivity contribution in [3.63, 3.8) is 0 Å². The molecule has 1 heterocycles. The molecular weight excluding hydrogens is 266 g/mol. The number of methoxy groups -OCH3 is 1. The molecule has 5 nitrogen and oxygen atoms in total. The fourth-order valence-corrected chi connectivity index (χ4v) is 2.18. The van der Waals surface area contributed by atoms with Crippen LogP contribution in [0.1, 0.15) is 18.9 Å². The Hall–Kier alpha value is -2.14. The molecule has 21 heavy (non-hydrogen) atoms. The second kappa shape index (κ2) is 7.04. The van der Waals surface area contributed by atoms with E-state index in [9.17, 15) is 4.79 Å². The van der Waals surface area contributed by atoms with Crippen LogP contribution >= 0.6 is 0 Å². The monoisotopic (exact) mass is 287 g/mol. The maximum absolute atomic E-state index is 12.1.